The van der Waals surface area contributed by atoms with Gasteiger partial charge in [-0.15, -0.1) is 22.7 Å². The molecule has 10 rings (SSSR count). The molecule has 478 valence electrons. The number of nitrogens with zero attached hydrogens (tertiary/aromatic N) is 4. The Morgan fingerprint density at radius 2 is 1.08 bits per heavy atom. The van der Waals surface area contributed by atoms with Crippen molar-refractivity contribution in [3.05, 3.63) is 148 Å². The van der Waals surface area contributed by atoms with Crippen molar-refractivity contribution in [2.24, 2.45) is 39.5 Å². The summed E-state index contributed by atoms with van der Waals surface area (Å²) < 4.78 is 79.1. The molecule has 0 bridgehead atoms. The van der Waals surface area contributed by atoms with E-state index in [1.807, 2.05) is 76.2 Å². The van der Waals surface area contributed by atoms with Gasteiger partial charge in [0.05, 0.1) is 47.3 Å². The average Bonchev–Trinajstić information content (AvgIpc) is 2.79. The fourth-order valence-electron chi connectivity index (χ4n) is 11.3. The second-order valence-corrected chi connectivity index (χ2v) is 28.3. The zero-order chi connectivity index (χ0) is 64.1. The largest absolute Gasteiger partial charge is 0.461 e. The van der Waals surface area contributed by atoms with Crippen LogP contribution >= 0.6 is 45.9 Å². The third-order valence-corrected chi connectivity index (χ3v) is 19.7. The first-order chi connectivity index (χ1) is 42.2. The van der Waals surface area contributed by atoms with Crippen LogP contribution < -0.4 is 32.4 Å². The number of nitrogens with two attached hydrogens (primary N) is 4. The van der Waals surface area contributed by atoms with Gasteiger partial charge in [-0.3, -0.25) is 27.5 Å². The highest BCUT2D eigenvalue weighted by atomic mass is 35.5. The van der Waals surface area contributed by atoms with Gasteiger partial charge in [0.1, 0.15) is 60.8 Å². The highest BCUT2D eigenvalue weighted by Crippen LogP contribution is 2.42. The number of nitrogens with one attached hydrogen (secondary N) is 2. The Kier molecular flexibility index (Phi) is 22.1. The van der Waals surface area contributed by atoms with Gasteiger partial charge < -0.3 is 41.0 Å². The molecule has 89 heavy (non-hydrogen) atoms. The van der Waals surface area contributed by atoms with Gasteiger partial charge in [0.2, 0.25) is 11.6 Å². The molecule has 0 spiro atoms. The quantitative estimate of drug-likeness (QED) is 0.0290. The lowest BCUT2D eigenvalue weighted by Crippen LogP contribution is -2.41. The molecule has 2 fully saturated rings. The second kappa shape index (κ2) is 29.1. The summed E-state index contributed by atoms with van der Waals surface area (Å²) in [6.45, 7) is 9.74. The molecule has 0 radical (unpaired) electrons. The average molecular weight is 1340 g/mol. The Morgan fingerprint density at radius 1 is 0.652 bits per heavy atom. The van der Waals surface area contributed by atoms with Crippen molar-refractivity contribution in [2.75, 3.05) is 37.1 Å². The minimum Gasteiger partial charge on any atom is -0.461 e. The van der Waals surface area contributed by atoms with E-state index in [2.05, 4.69) is 30.6 Å². The summed E-state index contributed by atoms with van der Waals surface area (Å²) in [4.78, 5) is 72.4. The van der Waals surface area contributed by atoms with Crippen molar-refractivity contribution < 1.29 is 63.3 Å². The maximum absolute atomic E-state index is 13.9. The summed E-state index contributed by atoms with van der Waals surface area (Å²) in [6.07, 6.45) is 7.08. The van der Waals surface area contributed by atoms with Crippen LogP contribution in [0.5, 0.6) is 0 Å². The molecule has 10 N–H and O–H groups in total. The van der Waals surface area contributed by atoms with Crippen molar-refractivity contribution in [3.63, 3.8) is 0 Å². The van der Waals surface area contributed by atoms with Crippen molar-refractivity contribution in [1.82, 2.24) is 19.9 Å². The second-order valence-electron chi connectivity index (χ2n) is 22.5. The molecule has 2 aliphatic carbocycles. The number of ether oxygens (including phenoxy) is 4. The van der Waals surface area contributed by atoms with Crippen LogP contribution in [0.2, 0.25) is 10.0 Å². The number of halogens is 2. The molecule has 24 nitrogen and oxygen atoms in total. The number of hydrogen-bond donors (Lipinski definition) is 6. The maximum Gasteiger partial charge on any atom is 0.333 e. The zero-order valence-corrected chi connectivity index (χ0v) is 54.0. The molecule has 4 aromatic heterocycles. The highest BCUT2D eigenvalue weighted by molar-refractivity contribution is 7.84. The Balaban J connectivity index is 0.000000212. The van der Waals surface area contributed by atoms with Crippen LogP contribution in [0, 0.1) is 31.6 Å². The van der Waals surface area contributed by atoms with Crippen molar-refractivity contribution in [1.29, 1.82) is 0 Å². The van der Waals surface area contributed by atoms with Gasteiger partial charge in [-0.2, -0.15) is 16.8 Å². The summed E-state index contributed by atoms with van der Waals surface area (Å²) in [5.41, 5.74) is 18.4. The number of anilines is 2. The lowest BCUT2D eigenvalue weighted by molar-refractivity contribution is -0.154. The summed E-state index contributed by atoms with van der Waals surface area (Å²) in [7, 11) is -8.41. The zero-order valence-electron chi connectivity index (χ0n) is 49.3. The molecular formula is C59H70Cl2N10O14S4. The van der Waals surface area contributed by atoms with Gasteiger partial charge >= 0.3 is 32.5 Å². The molecule has 6 heterocycles. The van der Waals surface area contributed by atoms with E-state index >= 15 is 0 Å². The smallest absolute Gasteiger partial charge is 0.333 e. The van der Waals surface area contributed by atoms with Crippen LogP contribution in [0.1, 0.15) is 139 Å². The molecule has 2 aliphatic heterocycles. The van der Waals surface area contributed by atoms with Crippen LogP contribution in [0.3, 0.4) is 0 Å². The van der Waals surface area contributed by atoms with E-state index < -0.39 is 68.7 Å². The van der Waals surface area contributed by atoms with Crippen molar-refractivity contribution in [2.45, 2.75) is 128 Å². The first-order valence-electron chi connectivity index (χ1n) is 28.7. The van der Waals surface area contributed by atoms with Gasteiger partial charge in [0.25, 0.3) is 0 Å². The molecule has 0 saturated heterocycles. The number of hydrogen-bond acceptors (Lipinski definition) is 24. The van der Waals surface area contributed by atoms with Crippen LogP contribution in [0.25, 0.3) is 0 Å². The number of rotatable bonds is 22. The monoisotopic (exact) mass is 1340 g/mol. The number of carbonyl (C=O) groups excluding carboxylic acids is 4. The SMILES string of the molecule is CC[C@H](C)[C@H](N)C(=O)O[C@H]1C[C@H](Nc2ncncc2C(=O)c2cc(C3OCCc4ccc(Cl)cc43)c(C)s2)C[C@@H]1COS(N)(=O)=O.Cc1sc(C(=O)c2cncnc2N[C@@H]2C[C@H](COS(N)(=O)=O)[C@@H](OC(=O)[C@H](C)N)C2)cc1C1OCCc2ccc(Cl)cc21. The first-order valence-corrected chi connectivity index (χ1v) is 34.1. The predicted octanol–water partition coefficient (Wildman–Crippen LogP) is 7.15. The maximum atomic E-state index is 13.9. The van der Waals surface area contributed by atoms with E-state index in [4.69, 9.17) is 72.3 Å². The molecule has 2 saturated carbocycles. The number of fused-ring (bicyclic) bond motifs is 2. The third kappa shape index (κ3) is 17.0. The highest BCUT2D eigenvalue weighted by Gasteiger charge is 2.42. The molecule has 2 unspecified atom stereocenters. The summed E-state index contributed by atoms with van der Waals surface area (Å²) in [5.74, 6) is -2.22. The number of thiophene rings is 2. The lowest BCUT2D eigenvalue weighted by Gasteiger charge is -2.26. The fraction of sp³-hybridized carbons (Fsp3) is 0.458. The number of aryl methyl sites for hydroxylation is 2. The van der Waals surface area contributed by atoms with Crippen LogP contribution in [0.4, 0.5) is 11.6 Å². The summed E-state index contributed by atoms with van der Waals surface area (Å²) >= 11 is 15.3. The van der Waals surface area contributed by atoms with Gasteiger partial charge in [-0.25, -0.2) is 30.2 Å². The number of carbonyl (C=O) groups is 4. The Hall–Kier alpha value is -5.96. The summed E-state index contributed by atoms with van der Waals surface area (Å²) in [5, 5.41) is 17.9. The van der Waals surface area contributed by atoms with Crippen LogP contribution in [0.15, 0.2) is 73.6 Å². The number of ketones is 2. The lowest BCUT2D eigenvalue weighted by atomic mass is 9.93. The Morgan fingerprint density at radius 3 is 1.48 bits per heavy atom. The van der Waals surface area contributed by atoms with E-state index in [1.165, 1.54) is 54.6 Å². The normalized spacial score (nSPS) is 22.6. The molecule has 0 amide bonds. The van der Waals surface area contributed by atoms with Gasteiger partial charge in [0.15, 0.2) is 0 Å². The van der Waals surface area contributed by atoms with Gasteiger partial charge in [0, 0.05) is 69.0 Å². The van der Waals surface area contributed by atoms with Crippen LogP contribution in [-0.4, -0.2) is 123 Å². The van der Waals surface area contributed by atoms with E-state index in [9.17, 15) is 36.0 Å². The molecule has 4 aliphatic rings. The standard InChI is InChI=1S/C31H38ClN5O7S2.C28H32ClN5O7S2/c1-4-16(2)27(33)31(39)44-25-11-21(9-19(25)14-43-46(34,40)41)37-30-24(13-35-15-36-30)28(38)26-12-22(17(3)45-26)29-23-10-20(32)6-5-18(23)7-8-42-29;1-14(30)28(36)41-23-9-19(7-17(23)12-40-43(31,37)38)34-27-22(11-32-13-33-27)25(35)24-10-20(15(2)42-24)26-21-8-18(29)4-3-16(21)5-6-39-26/h5-6,10,12-13,15-16,19,21,25,27,29H,4,7-9,11,14,33H2,1-3H3,(H2,34,40,41)(H,35,36,37);3-4,8,10-11,13-14,17,19,23,26H,5-7,9,12,30H2,1-2H3,(H2,31,37,38)(H,32,33,34)/t16-,19+,21+,25-,27-,29?;14-,17+,19+,23-,26?/m00/s1. The van der Waals surface area contributed by atoms with E-state index in [0.29, 0.717) is 76.8 Å². The van der Waals surface area contributed by atoms with E-state index in [1.54, 1.807) is 0 Å². The minimum atomic E-state index is -4.22. The number of aromatic nitrogens is 4. The molecule has 2 aromatic carbocycles. The molecule has 30 heteroatoms. The molecular weight excluding hydrogens is 1270 g/mol. The number of benzene rings is 2. The van der Waals surface area contributed by atoms with Crippen molar-refractivity contribution >= 4 is 102 Å². The topological polar surface area (TPSA) is 372 Å². The number of esters is 2. The minimum absolute atomic E-state index is 0.102. The predicted molar refractivity (Wildman–Crippen MR) is 334 cm³/mol. The molecule has 11 atom stereocenters. The third-order valence-electron chi connectivity index (χ3n) is 16.2. The van der Waals surface area contributed by atoms with Gasteiger partial charge in [-0.1, -0.05) is 55.6 Å². The van der Waals surface area contributed by atoms with Gasteiger partial charge in [-0.05, 0) is 122 Å². The van der Waals surface area contributed by atoms with Crippen molar-refractivity contribution in [3.8, 4) is 0 Å². The molecule has 6 aromatic rings. The van der Waals surface area contributed by atoms with E-state index in [-0.39, 0.29) is 66.1 Å². The first kappa shape index (κ1) is 67.4. The van der Waals surface area contributed by atoms with E-state index in [0.717, 1.165) is 56.0 Å². The Bertz CT molecular complexity index is 3820. The van der Waals surface area contributed by atoms with Crippen LogP contribution in [-0.2, 0) is 70.4 Å². The fourth-order valence-corrected chi connectivity index (χ4v) is 14.4. The summed E-state index contributed by atoms with van der Waals surface area (Å²) in [6, 6.07) is 12.9. The Labute approximate surface area is 534 Å².